The number of fused-ring (bicyclic) bond motifs is 1. The molecule has 23 heavy (non-hydrogen) atoms. The Morgan fingerprint density at radius 1 is 1.22 bits per heavy atom. The van der Waals surface area contributed by atoms with E-state index < -0.39 is 0 Å². The molecular formula is C19H23N3O. The monoisotopic (exact) mass is 309 g/mol. The summed E-state index contributed by atoms with van der Waals surface area (Å²) in [6.45, 7) is 2.92. The van der Waals surface area contributed by atoms with E-state index in [9.17, 15) is 4.79 Å². The van der Waals surface area contributed by atoms with Gasteiger partial charge in [0.25, 0.3) is 0 Å². The van der Waals surface area contributed by atoms with Crippen LogP contribution in [0.1, 0.15) is 25.7 Å². The second kappa shape index (κ2) is 6.20. The Labute approximate surface area is 136 Å². The van der Waals surface area contributed by atoms with Gasteiger partial charge in [-0.2, -0.15) is 0 Å². The van der Waals surface area contributed by atoms with Gasteiger partial charge >= 0.3 is 5.69 Å². The summed E-state index contributed by atoms with van der Waals surface area (Å²) in [5.74, 6) is 0. The standard InChI is InChI=1S/C19H23N3O/c23-19-20-17-10-4-5-11-18(17)22(19)14-16-9-6-12-21(16)13-15-7-2-1-3-8-15/h2,4-5,7-8,10-11,16H,1,3,6,9,12-14H2,(H,20,23). The fourth-order valence-corrected chi connectivity index (χ4v) is 3.83. The minimum atomic E-state index is 0.00910. The normalized spacial score (nSPS) is 21.9. The summed E-state index contributed by atoms with van der Waals surface area (Å²) in [5.41, 5.74) is 3.38. The summed E-state index contributed by atoms with van der Waals surface area (Å²) in [6.07, 6.45) is 11.6. The summed E-state index contributed by atoms with van der Waals surface area (Å²) in [5, 5.41) is 0. The number of para-hydroxylation sites is 2. The second-order valence-electron chi connectivity index (χ2n) is 6.58. The Kier molecular flexibility index (Phi) is 3.92. The highest BCUT2D eigenvalue weighted by Gasteiger charge is 2.26. The van der Waals surface area contributed by atoms with E-state index in [1.165, 1.54) is 18.4 Å². The summed E-state index contributed by atoms with van der Waals surface area (Å²) >= 11 is 0. The molecule has 1 aromatic carbocycles. The van der Waals surface area contributed by atoms with E-state index >= 15 is 0 Å². The zero-order chi connectivity index (χ0) is 15.6. The maximum Gasteiger partial charge on any atom is 0.326 e. The first-order valence-corrected chi connectivity index (χ1v) is 8.58. The van der Waals surface area contributed by atoms with Gasteiger partial charge in [0.2, 0.25) is 0 Å². The number of imidazole rings is 1. The minimum Gasteiger partial charge on any atom is -0.306 e. The van der Waals surface area contributed by atoms with Gasteiger partial charge in [0, 0.05) is 19.1 Å². The first kappa shape index (κ1) is 14.5. The Morgan fingerprint density at radius 3 is 3.00 bits per heavy atom. The van der Waals surface area contributed by atoms with Gasteiger partial charge in [-0.15, -0.1) is 0 Å². The van der Waals surface area contributed by atoms with Gasteiger partial charge in [0.15, 0.2) is 0 Å². The molecule has 1 saturated heterocycles. The van der Waals surface area contributed by atoms with Crippen LogP contribution in [0, 0.1) is 0 Å². The van der Waals surface area contributed by atoms with Gasteiger partial charge in [-0.1, -0.05) is 30.4 Å². The lowest BCUT2D eigenvalue weighted by atomic mass is 10.1. The van der Waals surface area contributed by atoms with Crippen molar-refractivity contribution in [1.82, 2.24) is 14.5 Å². The van der Waals surface area contributed by atoms with Crippen molar-refractivity contribution in [3.63, 3.8) is 0 Å². The third kappa shape index (κ3) is 2.91. The number of hydrogen-bond acceptors (Lipinski definition) is 2. The molecule has 0 radical (unpaired) electrons. The van der Waals surface area contributed by atoms with Crippen LogP contribution in [0.4, 0.5) is 0 Å². The van der Waals surface area contributed by atoms with E-state index in [-0.39, 0.29) is 5.69 Å². The van der Waals surface area contributed by atoms with Crippen molar-refractivity contribution in [2.75, 3.05) is 13.1 Å². The maximum absolute atomic E-state index is 12.3. The van der Waals surface area contributed by atoms with Crippen LogP contribution >= 0.6 is 0 Å². The van der Waals surface area contributed by atoms with Gasteiger partial charge in [-0.3, -0.25) is 9.47 Å². The van der Waals surface area contributed by atoms with Crippen molar-refractivity contribution in [3.05, 3.63) is 58.6 Å². The molecule has 120 valence electrons. The van der Waals surface area contributed by atoms with Gasteiger partial charge in [0.05, 0.1) is 11.0 Å². The van der Waals surface area contributed by atoms with Crippen molar-refractivity contribution < 1.29 is 0 Å². The highest BCUT2D eigenvalue weighted by atomic mass is 16.1. The molecule has 0 saturated carbocycles. The molecule has 1 fully saturated rings. The number of H-pyrrole nitrogens is 1. The van der Waals surface area contributed by atoms with Crippen LogP contribution in [0.25, 0.3) is 11.0 Å². The Bertz CT molecular complexity index is 811. The molecule has 0 spiro atoms. The third-order valence-electron chi connectivity index (χ3n) is 5.03. The first-order valence-electron chi connectivity index (χ1n) is 8.58. The maximum atomic E-state index is 12.3. The molecule has 1 aliphatic carbocycles. The highest BCUT2D eigenvalue weighted by molar-refractivity contribution is 5.74. The highest BCUT2D eigenvalue weighted by Crippen LogP contribution is 2.22. The molecule has 2 heterocycles. The average Bonchev–Trinajstić information content (AvgIpc) is 3.14. The summed E-state index contributed by atoms with van der Waals surface area (Å²) < 4.78 is 1.91. The zero-order valence-electron chi connectivity index (χ0n) is 13.4. The Hall–Kier alpha value is -2.07. The summed E-state index contributed by atoms with van der Waals surface area (Å²) in [4.78, 5) is 17.8. The number of nitrogens with one attached hydrogen (secondary N) is 1. The molecule has 0 amide bonds. The molecule has 1 N–H and O–H groups in total. The number of aromatic nitrogens is 2. The zero-order valence-corrected chi connectivity index (χ0v) is 13.4. The first-order chi connectivity index (χ1) is 11.3. The number of likely N-dealkylation sites (tertiary alicyclic amines) is 1. The van der Waals surface area contributed by atoms with Gasteiger partial charge in [-0.05, 0) is 49.9 Å². The molecule has 4 nitrogen and oxygen atoms in total. The molecule has 4 heteroatoms. The van der Waals surface area contributed by atoms with Crippen LogP contribution < -0.4 is 5.69 Å². The topological polar surface area (TPSA) is 41.0 Å². The fourth-order valence-electron chi connectivity index (χ4n) is 3.83. The lowest BCUT2D eigenvalue weighted by Gasteiger charge is -2.25. The largest absolute Gasteiger partial charge is 0.326 e. The van der Waals surface area contributed by atoms with E-state index in [0.29, 0.717) is 6.04 Å². The third-order valence-corrected chi connectivity index (χ3v) is 5.03. The molecule has 2 aromatic rings. The van der Waals surface area contributed by atoms with Crippen molar-refractivity contribution >= 4 is 11.0 Å². The number of hydrogen-bond donors (Lipinski definition) is 1. The van der Waals surface area contributed by atoms with Gasteiger partial charge in [-0.25, -0.2) is 4.79 Å². The lowest BCUT2D eigenvalue weighted by molar-refractivity contribution is 0.252. The molecule has 1 aromatic heterocycles. The van der Waals surface area contributed by atoms with Crippen molar-refractivity contribution in [2.45, 2.75) is 38.3 Å². The summed E-state index contributed by atoms with van der Waals surface area (Å²) in [6, 6.07) is 8.40. The molecular weight excluding hydrogens is 286 g/mol. The Morgan fingerprint density at radius 2 is 2.13 bits per heavy atom. The van der Waals surface area contributed by atoms with Crippen LogP contribution in [0.5, 0.6) is 0 Å². The van der Waals surface area contributed by atoms with E-state index in [1.807, 2.05) is 28.8 Å². The predicted octanol–water partition coefficient (Wildman–Crippen LogP) is 3.07. The number of aromatic amines is 1. The SMILES string of the molecule is O=c1[nH]c2ccccc2n1CC1CCCN1CC1=CCCC=C1. The van der Waals surface area contributed by atoms with Gasteiger partial charge in [0.1, 0.15) is 0 Å². The molecule has 0 bridgehead atoms. The summed E-state index contributed by atoms with van der Waals surface area (Å²) in [7, 11) is 0. The number of rotatable bonds is 4. The predicted molar refractivity (Wildman–Crippen MR) is 93.6 cm³/mol. The van der Waals surface area contributed by atoms with Crippen molar-refractivity contribution in [2.24, 2.45) is 0 Å². The van der Waals surface area contributed by atoms with E-state index in [4.69, 9.17) is 0 Å². The second-order valence-corrected chi connectivity index (χ2v) is 6.58. The van der Waals surface area contributed by atoms with E-state index in [1.54, 1.807) is 0 Å². The molecule has 2 aliphatic rings. The molecule has 1 aliphatic heterocycles. The average molecular weight is 309 g/mol. The van der Waals surface area contributed by atoms with Gasteiger partial charge < -0.3 is 4.98 Å². The van der Waals surface area contributed by atoms with Crippen LogP contribution in [0.15, 0.2) is 52.9 Å². The molecule has 4 rings (SSSR count). The van der Waals surface area contributed by atoms with E-state index in [0.717, 1.165) is 43.5 Å². The number of nitrogens with zero attached hydrogens (tertiary/aromatic N) is 2. The minimum absolute atomic E-state index is 0.00910. The molecule has 1 unspecified atom stereocenters. The number of benzene rings is 1. The molecule has 1 atom stereocenters. The lowest BCUT2D eigenvalue weighted by Crippen LogP contribution is -2.36. The van der Waals surface area contributed by atoms with E-state index in [2.05, 4.69) is 28.1 Å². The number of allylic oxidation sites excluding steroid dienone is 2. The fraction of sp³-hybridized carbons (Fsp3) is 0.421. The van der Waals surface area contributed by atoms with Crippen LogP contribution in [-0.2, 0) is 6.54 Å². The quantitative estimate of drug-likeness (QED) is 0.943. The van der Waals surface area contributed by atoms with Crippen LogP contribution in [0.2, 0.25) is 0 Å². The van der Waals surface area contributed by atoms with Crippen LogP contribution in [-0.4, -0.2) is 33.6 Å². The van der Waals surface area contributed by atoms with Crippen molar-refractivity contribution in [1.29, 1.82) is 0 Å². The van der Waals surface area contributed by atoms with Crippen molar-refractivity contribution in [3.8, 4) is 0 Å². The van der Waals surface area contributed by atoms with Crippen LogP contribution in [0.3, 0.4) is 0 Å². The Balaban J connectivity index is 1.55. The smallest absolute Gasteiger partial charge is 0.306 e.